The first-order valence-electron chi connectivity index (χ1n) is 5.46. The van der Waals surface area contributed by atoms with Gasteiger partial charge in [-0.05, 0) is 18.4 Å². The molecule has 0 heterocycles. The van der Waals surface area contributed by atoms with Gasteiger partial charge in [0, 0.05) is 0 Å². The van der Waals surface area contributed by atoms with E-state index in [1.807, 2.05) is 44.2 Å². The van der Waals surface area contributed by atoms with Gasteiger partial charge in [-0.1, -0.05) is 50.6 Å². The van der Waals surface area contributed by atoms with Crippen LogP contribution in [0.4, 0.5) is 0 Å². The Kier molecular flexibility index (Phi) is 3.89. The molecule has 0 spiro atoms. The molecular formula is C13H18O2. The third-order valence-corrected chi connectivity index (χ3v) is 3.02. The van der Waals surface area contributed by atoms with E-state index in [9.17, 15) is 9.90 Å². The van der Waals surface area contributed by atoms with Crippen LogP contribution in [0.2, 0.25) is 0 Å². The molecule has 0 bridgehead atoms. The lowest BCUT2D eigenvalue weighted by molar-refractivity contribution is -0.144. The quantitative estimate of drug-likeness (QED) is 0.803. The van der Waals surface area contributed by atoms with Crippen LogP contribution in [0, 0.1) is 0 Å². The van der Waals surface area contributed by atoms with E-state index in [0.29, 0.717) is 12.8 Å². The van der Waals surface area contributed by atoms with E-state index in [1.165, 1.54) is 0 Å². The second-order valence-corrected chi connectivity index (χ2v) is 3.86. The molecule has 1 unspecified atom stereocenters. The largest absolute Gasteiger partial charge is 0.481 e. The van der Waals surface area contributed by atoms with Crippen LogP contribution in [-0.4, -0.2) is 11.1 Å². The predicted molar refractivity (Wildman–Crippen MR) is 61.0 cm³/mol. The summed E-state index contributed by atoms with van der Waals surface area (Å²) in [6.45, 7) is 3.97. The minimum Gasteiger partial charge on any atom is -0.481 e. The highest BCUT2D eigenvalue weighted by Gasteiger charge is 2.37. The van der Waals surface area contributed by atoms with Crippen molar-refractivity contribution in [1.29, 1.82) is 0 Å². The van der Waals surface area contributed by atoms with E-state index in [-0.39, 0.29) is 0 Å². The van der Waals surface area contributed by atoms with Crippen molar-refractivity contribution in [3.8, 4) is 0 Å². The van der Waals surface area contributed by atoms with E-state index < -0.39 is 11.4 Å². The molecule has 15 heavy (non-hydrogen) atoms. The van der Waals surface area contributed by atoms with Crippen molar-refractivity contribution in [2.24, 2.45) is 0 Å². The minimum absolute atomic E-state index is 0.639. The normalized spacial score (nSPS) is 14.5. The maximum absolute atomic E-state index is 11.4. The fraction of sp³-hybridized carbons (Fsp3) is 0.462. The van der Waals surface area contributed by atoms with Gasteiger partial charge < -0.3 is 5.11 Å². The number of carboxylic acids is 1. The summed E-state index contributed by atoms with van der Waals surface area (Å²) in [5, 5.41) is 9.41. The average Bonchev–Trinajstić information content (AvgIpc) is 2.26. The number of carboxylic acid groups (broad SMARTS) is 1. The van der Waals surface area contributed by atoms with Crippen molar-refractivity contribution in [3.05, 3.63) is 35.9 Å². The number of hydrogen-bond donors (Lipinski definition) is 1. The molecule has 1 rings (SSSR count). The van der Waals surface area contributed by atoms with Gasteiger partial charge in [0.2, 0.25) is 0 Å². The van der Waals surface area contributed by atoms with Crippen LogP contribution in [0.15, 0.2) is 30.3 Å². The molecule has 1 atom stereocenters. The van der Waals surface area contributed by atoms with Crippen LogP contribution in [-0.2, 0) is 10.2 Å². The highest BCUT2D eigenvalue weighted by Crippen LogP contribution is 2.33. The second-order valence-electron chi connectivity index (χ2n) is 3.86. The van der Waals surface area contributed by atoms with Gasteiger partial charge >= 0.3 is 5.97 Å². The zero-order chi connectivity index (χ0) is 11.3. The lowest BCUT2D eigenvalue weighted by Gasteiger charge is -2.28. The Balaban J connectivity index is 3.15. The smallest absolute Gasteiger partial charge is 0.314 e. The van der Waals surface area contributed by atoms with Crippen molar-refractivity contribution in [2.75, 3.05) is 0 Å². The zero-order valence-corrected chi connectivity index (χ0v) is 9.36. The summed E-state index contributed by atoms with van der Waals surface area (Å²) in [7, 11) is 0. The van der Waals surface area contributed by atoms with Crippen LogP contribution in [0.1, 0.15) is 38.7 Å². The van der Waals surface area contributed by atoms with Crippen LogP contribution >= 0.6 is 0 Å². The molecule has 0 radical (unpaired) electrons. The van der Waals surface area contributed by atoms with Crippen LogP contribution < -0.4 is 0 Å². The molecule has 0 saturated carbocycles. The topological polar surface area (TPSA) is 37.3 Å². The summed E-state index contributed by atoms with van der Waals surface area (Å²) < 4.78 is 0. The molecule has 0 aromatic heterocycles. The van der Waals surface area contributed by atoms with Crippen molar-refractivity contribution in [1.82, 2.24) is 0 Å². The lowest BCUT2D eigenvalue weighted by atomic mass is 9.75. The number of rotatable bonds is 5. The molecule has 1 aromatic carbocycles. The second kappa shape index (κ2) is 4.96. The third-order valence-electron chi connectivity index (χ3n) is 3.02. The number of carbonyl (C=O) groups is 1. The number of benzene rings is 1. The van der Waals surface area contributed by atoms with Crippen molar-refractivity contribution in [2.45, 2.75) is 38.5 Å². The van der Waals surface area contributed by atoms with Gasteiger partial charge in [-0.3, -0.25) is 4.79 Å². The molecule has 1 aromatic rings. The van der Waals surface area contributed by atoms with Crippen LogP contribution in [0.5, 0.6) is 0 Å². The molecule has 0 aliphatic heterocycles. The Hall–Kier alpha value is -1.31. The van der Waals surface area contributed by atoms with Crippen molar-refractivity contribution < 1.29 is 9.90 Å². The van der Waals surface area contributed by atoms with Gasteiger partial charge in [-0.15, -0.1) is 0 Å². The summed E-state index contributed by atoms with van der Waals surface area (Å²) in [4.78, 5) is 11.4. The first-order valence-corrected chi connectivity index (χ1v) is 5.46. The maximum Gasteiger partial charge on any atom is 0.314 e. The maximum atomic E-state index is 11.4. The first-order chi connectivity index (χ1) is 7.17. The van der Waals surface area contributed by atoms with Crippen LogP contribution in [0.3, 0.4) is 0 Å². The summed E-state index contributed by atoms with van der Waals surface area (Å²) in [6, 6.07) is 9.54. The summed E-state index contributed by atoms with van der Waals surface area (Å²) in [5.41, 5.74) is 0.220. The molecule has 0 amide bonds. The Morgan fingerprint density at radius 3 is 2.27 bits per heavy atom. The Bertz CT molecular complexity index is 319. The zero-order valence-electron chi connectivity index (χ0n) is 9.36. The van der Waals surface area contributed by atoms with Gasteiger partial charge in [0.25, 0.3) is 0 Å². The molecule has 0 aliphatic carbocycles. The Morgan fingerprint density at radius 1 is 1.27 bits per heavy atom. The van der Waals surface area contributed by atoms with Crippen molar-refractivity contribution in [3.63, 3.8) is 0 Å². The van der Waals surface area contributed by atoms with E-state index in [2.05, 4.69) is 0 Å². The van der Waals surface area contributed by atoms with Crippen LogP contribution in [0.25, 0.3) is 0 Å². The summed E-state index contributed by atoms with van der Waals surface area (Å²) >= 11 is 0. The average molecular weight is 206 g/mol. The van der Waals surface area contributed by atoms with E-state index in [0.717, 1.165) is 12.0 Å². The molecule has 82 valence electrons. The molecule has 0 saturated heterocycles. The molecule has 2 nitrogen and oxygen atoms in total. The third kappa shape index (κ3) is 2.20. The molecular weight excluding hydrogens is 188 g/mol. The number of hydrogen-bond acceptors (Lipinski definition) is 1. The van der Waals surface area contributed by atoms with Crippen molar-refractivity contribution >= 4 is 5.97 Å². The fourth-order valence-electron chi connectivity index (χ4n) is 2.09. The predicted octanol–water partition coefficient (Wildman–Crippen LogP) is 3.22. The summed E-state index contributed by atoms with van der Waals surface area (Å²) in [6.07, 6.45) is 2.22. The molecule has 0 fully saturated rings. The lowest BCUT2D eigenvalue weighted by Crippen LogP contribution is -2.35. The van der Waals surface area contributed by atoms with Gasteiger partial charge in [-0.2, -0.15) is 0 Å². The molecule has 1 N–H and O–H groups in total. The highest BCUT2D eigenvalue weighted by atomic mass is 16.4. The fourth-order valence-corrected chi connectivity index (χ4v) is 2.09. The summed E-state index contributed by atoms with van der Waals surface area (Å²) in [5.74, 6) is -0.710. The Morgan fingerprint density at radius 2 is 1.87 bits per heavy atom. The van der Waals surface area contributed by atoms with Gasteiger partial charge in [0.1, 0.15) is 0 Å². The SMILES string of the molecule is CCCC(CC)(C(=O)O)c1ccccc1. The van der Waals surface area contributed by atoms with Gasteiger partial charge in [-0.25, -0.2) is 0 Å². The monoisotopic (exact) mass is 206 g/mol. The van der Waals surface area contributed by atoms with E-state index in [4.69, 9.17) is 0 Å². The first kappa shape index (κ1) is 11.8. The van der Waals surface area contributed by atoms with E-state index in [1.54, 1.807) is 0 Å². The van der Waals surface area contributed by atoms with E-state index >= 15 is 0 Å². The standard InChI is InChI=1S/C13H18O2/c1-3-10-13(4-2,12(14)15)11-8-6-5-7-9-11/h5-9H,3-4,10H2,1-2H3,(H,14,15). The minimum atomic E-state index is -0.710. The molecule has 0 aliphatic rings. The number of aliphatic carboxylic acids is 1. The van der Waals surface area contributed by atoms with Gasteiger partial charge in [0.05, 0.1) is 5.41 Å². The Labute approximate surface area is 90.9 Å². The molecule has 2 heteroatoms. The highest BCUT2D eigenvalue weighted by molar-refractivity contribution is 5.81. The van der Waals surface area contributed by atoms with Gasteiger partial charge in [0.15, 0.2) is 0 Å².